The van der Waals surface area contributed by atoms with Crippen LogP contribution < -0.4 is 19.6 Å². The lowest BCUT2D eigenvalue weighted by molar-refractivity contribution is 0.864. The molecule has 6 aromatic rings. The molecule has 0 N–H and O–H groups in total. The van der Waals surface area contributed by atoms with Crippen LogP contribution in [0.3, 0.4) is 0 Å². The minimum absolute atomic E-state index is 0.369. The van der Waals surface area contributed by atoms with Crippen molar-refractivity contribution < 1.29 is 0 Å². The Kier molecular flexibility index (Phi) is 11.2. The molecule has 60 heavy (non-hydrogen) atoms. The van der Waals surface area contributed by atoms with Gasteiger partial charge >= 0.3 is 0 Å². The van der Waals surface area contributed by atoms with Crippen molar-refractivity contribution in [1.82, 2.24) is 0 Å². The summed E-state index contributed by atoms with van der Waals surface area (Å²) in [5, 5.41) is 0. The van der Waals surface area contributed by atoms with Crippen LogP contribution in [0.15, 0.2) is 145 Å². The third-order valence-electron chi connectivity index (χ3n) is 12.6. The number of hydrogen-bond donors (Lipinski definition) is 0. The number of hydrogen-bond acceptors (Lipinski definition) is 4. The largest absolute Gasteiger partial charge is 0.291 e. The van der Waals surface area contributed by atoms with Gasteiger partial charge in [0.1, 0.15) is 0 Å². The predicted octanol–water partition coefficient (Wildman–Crippen LogP) is 16.8. The molecule has 4 heteroatoms. The van der Waals surface area contributed by atoms with Crippen LogP contribution in [0.1, 0.15) is 152 Å². The molecule has 308 valence electrons. The number of benzene rings is 6. The van der Waals surface area contributed by atoms with Gasteiger partial charge in [-0.1, -0.05) is 144 Å². The third-order valence-corrected chi connectivity index (χ3v) is 12.6. The van der Waals surface area contributed by atoms with Gasteiger partial charge in [-0.25, -0.2) is 0 Å². The Labute approximate surface area is 360 Å². The second-order valence-corrected chi connectivity index (χ2v) is 18.8. The fourth-order valence-electron chi connectivity index (χ4n) is 8.67. The quantitative estimate of drug-likeness (QED) is 0.137. The van der Waals surface area contributed by atoms with Crippen molar-refractivity contribution in [3.8, 4) is 0 Å². The Bertz CT molecular complexity index is 2310. The van der Waals surface area contributed by atoms with Crippen LogP contribution in [0, 0.1) is 0 Å². The van der Waals surface area contributed by atoms with Gasteiger partial charge in [-0.3, -0.25) is 19.6 Å². The highest BCUT2D eigenvalue weighted by atomic mass is 15.5. The first-order chi connectivity index (χ1) is 28.7. The van der Waals surface area contributed by atoms with Crippen LogP contribution in [-0.2, 0) is 0 Å². The van der Waals surface area contributed by atoms with Gasteiger partial charge in [0.25, 0.3) is 0 Å². The summed E-state index contributed by atoms with van der Waals surface area (Å²) in [6.07, 6.45) is 0. The molecule has 0 unspecified atom stereocenters. The van der Waals surface area contributed by atoms with Crippen LogP contribution in [0.2, 0.25) is 0 Å². The van der Waals surface area contributed by atoms with Gasteiger partial charge in [0.2, 0.25) is 0 Å². The van der Waals surface area contributed by atoms with Crippen molar-refractivity contribution in [3.63, 3.8) is 0 Å². The van der Waals surface area contributed by atoms with E-state index in [-0.39, 0.29) is 0 Å². The molecule has 0 aromatic heterocycles. The summed E-state index contributed by atoms with van der Waals surface area (Å²) in [5.41, 5.74) is 17.2. The summed E-state index contributed by atoms with van der Waals surface area (Å²) in [4.78, 5) is 10.1. The molecule has 2 heterocycles. The molecule has 0 aliphatic carbocycles. The smallest absolute Gasteiger partial charge is 0.166 e. The molecule has 0 amide bonds. The van der Waals surface area contributed by atoms with Gasteiger partial charge in [0, 0.05) is 22.7 Å². The first-order valence-electron chi connectivity index (χ1n) is 22.4. The van der Waals surface area contributed by atoms with E-state index in [2.05, 4.69) is 236 Å². The molecule has 0 atom stereocenters. The molecule has 0 bridgehead atoms. The zero-order valence-electron chi connectivity index (χ0n) is 38.0. The summed E-state index contributed by atoms with van der Waals surface area (Å²) >= 11 is 0. The van der Waals surface area contributed by atoms with Crippen LogP contribution in [-0.4, -0.2) is 0 Å². The van der Waals surface area contributed by atoms with E-state index < -0.39 is 0 Å². The maximum absolute atomic E-state index is 2.54. The molecule has 2 aliphatic heterocycles. The van der Waals surface area contributed by atoms with Gasteiger partial charge in [-0.2, -0.15) is 0 Å². The molecular formula is C56H64N4. The first-order valence-corrected chi connectivity index (χ1v) is 22.4. The highest BCUT2D eigenvalue weighted by Gasteiger charge is 2.44. The maximum atomic E-state index is 2.54. The van der Waals surface area contributed by atoms with Crippen LogP contribution in [0.25, 0.3) is 0 Å². The minimum atomic E-state index is 0.369. The van der Waals surface area contributed by atoms with E-state index in [1.807, 2.05) is 0 Å². The van der Waals surface area contributed by atoms with Crippen molar-refractivity contribution in [3.05, 3.63) is 178 Å². The summed E-state index contributed by atoms with van der Waals surface area (Å²) in [6.45, 7) is 27.4. The second kappa shape index (κ2) is 16.4. The summed E-state index contributed by atoms with van der Waals surface area (Å²) < 4.78 is 0. The molecule has 6 aromatic carbocycles. The van der Waals surface area contributed by atoms with E-state index in [0.29, 0.717) is 35.5 Å². The average Bonchev–Trinajstić information content (AvgIpc) is 3.76. The van der Waals surface area contributed by atoms with Gasteiger partial charge in [-0.15, -0.1) is 0 Å². The molecule has 8 rings (SSSR count). The van der Waals surface area contributed by atoms with E-state index >= 15 is 0 Å². The Morgan fingerprint density at radius 2 is 0.433 bits per heavy atom. The predicted molar refractivity (Wildman–Crippen MR) is 259 cm³/mol. The molecule has 0 radical (unpaired) electrons. The van der Waals surface area contributed by atoms with E-state index in [1.165, 1.54) is 44.8 Å². The fraction of sp³-hybridized carbons (Fsp3) is 0.321. The third kappa shape index (κ3) is 7.40. The lowest BCUT2D eigenvalue weighted by Gasteiger charge is -2.34. The SMILES string of the molecule is CC(C)c1ccc(N2/C(=C3/N(c4ccc(C(C)C)cc4)c4ccc(C(C)C)cc4N3c3ccc(C(C)C)cc3)N(c3ccc(C(C)C)cc3)c3cc(C(C)C)ccc32)cc1. The van der Waals surface area contributed by atoms with Crippen LogP contribution in [0.4, 0.5) is 45.5 Å². The van der Waals surface area contributed by atoms with Crippen molar-refractivity contribution in [1.29, 1.82) is 0 Å². The van der Waals surface area contributed by atoms with Crippen molar-refractivity contribution in [2.45, 2.75) is 119 Å². The average molecular weight is 793 g/mol. The maximum Gasteiger partial charge on any atom is 0.166 e. The number of nitrogens with zero attached hydrogens (tertiary/aromatic N) is 4. The zero-order valence-corrected chi connectivity index (χ0v) is 38.0. The van der Waals surface area contributed by atoms with E-state index in [4.69, 9.17) is 0 Å². The van der Waals surface area contributed by atoms with Crippen LogP contribution >= 0.6 is 0 Å². The zero-order chi connectivity index (χ0) is 42.6. The van der Waals surface area contributed by atoms with E-state index in [1.54, 1.807) is 0 Å². The molecule has 0 saturated heterocycles. The van der Waals surface area contributed by atoms with Gasteiger partial charge in [-0.05, 0) is 142 Å². The molecular weight excluding hydrogens is 729 g/mol. The van der Waals surface area contributed by atoms with Gasteiger partial charge in [0.15, 0.2) is 11.6 Å². The molecule has 0 spiro atoms. The molecule has 0 saturated carbocycles. The summed E-state index contributed by atoms with van der Waals surface area (Å²) in [7, 11) is 0. The molecule has 0 fully saturated rings. The Morgan fingerprint density at radius 1 is 0.233 bits per heavy atom. The molecule has 4 nitrogen and oxygen atoms in total. The first kappa shape index (κ1) is 41.0. The standard InChI is InChI=1S/C56H64N4/c1-35(2)41-13-23-47(24-14-41)57-51-31-21-45(39(9)10)33-53(51)59(49-27-17-43(18-28-49)37(5)6)55(57)56-58(48-25-15-42(16-26-48)36(3)4)52-32-22-46(40(11)12)34-54(52)60(56)50-29-19-44(20-30-50)38(7)8/h13-40H,1-12H3/b56-55+. The van der Waals surface area contributed by atoms with Gasteiger partial charge < -0.3 is 0 Å². The highest BCUT2D eigenvalue weighted by molar-refractivity contribution is 6.00. The highest BCUT2D eigenvalue weighted by Crippen LogP contribution is 2.58. The normalized spacial score (nSPS) is 15.2. The lowest BCUT2D eigenvalue weighted by Crippen LogP contribution is -2.33. The Morgan fingerprint density at radius 3 is 0.650 bits per heavy atom. The topological polar surface area (TPSA) is 13.0 Å². The summed E-state index contributed by atoms with van der Waals surface area (Å²) in [6, 6.07) is 51.4. The lowest BCUT2D eigenvalue weighted by atomic mass is 10.0. The van der Waals surface area contributed by atoms with E-state index in [0.717, 1.165) is 45.8 Å². The Balaban J connectivity index is 1.53. The van der Waals surface area contributed by atoms with Crippen molar-refractivity contribution in [2.24, 2.45) is 0 Å². The van der Waals surface area contributed by atoms with Crippen molar-refractivity contribution in [2.75, 3.05) is 19.6 Å². The molecule has 2 aliphatic rings. The van der Waals surface area contributed by atoms with E-state index in [9.17, 15) is 0 Å². The number of rotatable bonds is 10. The van der Waals surface area contributed by atoms with Crippen LogP contribution in [0.5, 0.6) is 0 Å². The monoisotopic (exact) mass is 793 g/mol. The minimum Gasteiger partial charge on any atom is -0.291 e. The summed E-state index contributed by atoms with van der Waals surface area (Å²) in [5.74, 6) is 4.63. The van der Waals surface area contributed by atoms with Gasteiger partial charge in [0.05, 0.1) is 22.7 Å². The second-order valence-electron chi connectivity index (χ2n) is 18.8. The number of fused-ring (bicyclic) bond motifs is 2. The fourth-order valence-corrected chi connectivity index (χ4v) is 8.67. The van der Waals surface area contributed by atoms with Crippen molar-refractivity contribution >= 4 is 45.5 Å². The Hall–Kier alpha value is -5.74. The number of anilines is 8.